The van der Waals surface area contributed by atoms with Crippen LogP contribution in [0.25, 0.3) is 10.9 Å². The lowest BCUT2D eigenvalue weighted by molar-refractivity contribution is -0.140. The number of rotatable bonds is 8. The number of aromatic nitrogens is 1. The van der Waals surface area contributed by atoms with Crippen molar-refractivity contribution in [2.75, 3.05) is 33.1 Å². The average molecular weight is 474 g/mol. The van der Waals surface area contributed by atoms with Crippen molar-refractivity contribution in [1.82, 2.24) is 9.88 Å². The molecule has 0 N–H and O–H groups in total. The molecular weight excluding hydrogens is 442 g/mol. The van der Waals surface area contributed by atoms with Gasteiger partial charge in [-0.25, -0.2) is 9.78 Å². The second kappa shape index (κ2) is 10.9. The van der Waals surface area contributed by atoms with Gasteiger partial charge in [0.15, 0.2) is 0 Å². The van der Waals surface area contributed by atoms with E-state index < -0.39 is 5.60 Å². The summed E-state index contributed by atoms with van der Waals surface area (Å²) in [5.41, 5.74) is 1.15. The third-order valence-electron chi connectivity index (χ3n) is 4.83. The number of thioether (sulfide) groups is 1. The molecular formula is C24H31N3O5S. The molecule has 178 valence electrons. The molecule has 1 aliphatic heterocycles. The smallest absolute Gasteiger partial charge is 0.410 e. The minimum absolute atomic E-state index is 0.0694. The number of hydrogen-bond donors (Lipinski definition) is 0. The lowest BCUT2D eigenvalue weighted by atomic mass is 10.2. The Kier molecular flexibility index (Phi) is 8.18. The summed E-state index contributed by atoms with van der Waals surface area (Å²) in [6.45, 7) is 6.58. The van der Waals surface area contributed by atoms with Crippen LogP contribution in [0, 0.1) is 0 Å². The number of carbonyl (C=O) groups excluding carboxylic acids is 2. The first-order valence-electron chi connectivity index (χ1n) is 10.9. The van der Waals surface area contributed by atoms with Gasteiger partial charge >= 0.3 is 12.1 Å². The predicted molar refractivity (Wildman–Crippen MR) is 130 cm³/mol. The van der Waals surface area contributed by atoms with Crippen LogP contribution in [0.2, 0.25) is 0 Å². The number of carbonyl (C=O) groups is 2. The molecule has 3 rings (SSSR count). The highest BCUT2D eigenvalue weighted by atomic mass is 32.2. The third kappa shape index (κ3) is 7.35. The van der Waals surface area contributed by atoms with Crippen molar-refractivity contribution in [3.63, 3.8) is 0 Å². The van der Waals surface area contributed by atoms with Crippen LogP contribution < -0.4 is 4.74 Å². The second-order valence-electron chi connectivity index (χ2n) is 8.83. The Bertz CT molecular complexity index is 1030. The van der Waals surface area contributed by atoms with Crippen LogP contribution in [0.4, 0.5) is 4.79 Å². The molecule has 1 aromatic carbocycles. The van der Waals surface area contributed by atoms with Crippen molar-refractivity contribution in [3.8, 4) is 5.75 Å². The third-order valence-corrected chi connectivity index (χ3v) is 5.97. The van der Waals surface area contributed by atoms with Crippen molar-refractivity contribution in [1.29, 1.82) is 0 Å². The van der Waals surface area contributed by atoms with Crippen molar-refractivity contribution in [2.24, 2.45) is 4.99 Å². The molecule has 8 nitrogen and oxygen atoms in total. The first-order valence-corrected chi connectivity index (χ1v) is 11.9. The maximum atomic E-state index is 12.0. The minimum Gasteiger partial charge on any atom is -0.494 e. The van der Waals surface area contributed by atoms with Gasteiger partial charge < -0.3 is 19.1 Å². The molecule has 0 saturated heterocycles. The summed E-state index contributed by atoms with van der Waals surface area (Å²) in [6, 6.07) is 9.63. The number of nitrogens with zero attached hydrogens (tertiary/aromatic N) is 3. The zero-order chi connectivity index (χ0) is 24.0. The van der Waals surface area contributed by atoms with Crippen molar-refractivity contribution in [2.45, 2.75) is 45.3 Å². The van der Waals surface area contributed by atoms with Gasteiger partial charge in [-0.05, 0) is 51.5 Å². The first kappa shape index (κ1) is 24.8. The number of aliphatic imine (C=N–C) groups is 1. The fourth-order valence-electron chi connectivity index (χ4n) is 3.17. The Labute approximate surface area is 198 Å². The summed E-state index contributed by atoms with van der Waals surface area (Å²) in [5.74, 6) is 1.25. The summed E-state index contributed by atoms with van der Waals surface area (Å²) < 4.78 is 15.9. The van der Waals surface area contributed by atoms with E-state index >= 15 is 0 Å². The molecule has 0 bridgehead atoms. The van der Waals surface area contributed by atoms with E-state index in [9.17, 15) is 9.59 Å². The lowest BCUT2D eigenvalue weighted by Gasteiger charge is -2.24. The van der Waals surface area contributed by atoms with Crippen molar-refractivity contribution < 1.29 is 23.8 Å². The number of benzene rings is 1. The van der Waals surface area contributed by atoms with Crippen LogP contribution in [0.3, 0.4) is 0 Å². The summed E-state index contributed by atoms with van der Waals surface area (Å²) in [6.07, 6.45) is 0.639. The molecule has 0 saturated carbocycles. The Morgan fingerprint density at radius 3 is 2.73 bits per heavy atom. The summed E-state index contributed by atoms with van der Waals surface area (Å²) in [5, 5.41) is 1.82. The van der Waals surface area contributed by atoms with Crippen molar-refractivity contribution in [3.05, 3.63) is 36.0 Å². The summed E-state index contributed by atoms with van der Waals surface area (Å²) in [7, 11) is 3.11. The Morgan fingerprint density at radius 1 is 1.21 bits per heavy atom. The molecule has 2 heterocycles. The van der Waals surface area contributed by atoms with E-state index in [1.165, 1.54) is 7.11 Å². The van der Waals surface area contributed by atoms with E-state index in [4.69, 9.17) is 19.2 Å². The molecule has 9 heteroatoms. The van der Waals surface area contributed by atoms with Gasteiger partial charge in [0.2, 0.25) is 0 Å². The lowest BCUT2D eigenvalue weighted by Crippen LogP contribution is -2.35. The van der Waals surface area contributed by atoms with Gasteiger partial charge in [0.25, 0.3) is 0 Å². The van der Waals surface area contributed by atoms with Gasteiger partial charge in [-0.1, -0.05) is 6.07 Å². The first-order chi connectivity index (χ1) is 15.6. The van der Waals surface area contributed by atoms with E-state index in [1.54, 1.807) is 23.7 Å². The molecule has 0 aliphatic carbocycles. The molecule has 33 heavy (non-hydrogen) atoms. The van der Waals surface area contributed by atoms with Gasteiger partial charge in [0.1, 0.15) is 16.4 Å². The zero-order valence-corrected chi connectivity index (χ0v) is 20.6. The summed E-state index contributed by atoms with van der Waals surface area (Å²) >= 11 is 1.61. The van der Waals surface area contributed by atoms with E-state index in [0.29, 0.717) is 19.6 Å². The van der Waals surface area contributed by atoms with Crippen LogP contribution in [-0.2, 0) is 14.3 Å². The molecule has 0 unspecified atom stereocenters. The van der Waals surface area contributed by atoms with Crippen LogP contribution in [0.15, 0.2) is 35.3 Å². The van der Waals surface area contributed by atoms with E-state index in [0.717, 1.165) is 33.1 Å². The van der Waals surface area contributed by atoms with Crippen LogP contribution in [0.1, 0.15) is 39.3 Å². The minimum atomic E-state index is -0.505. The van der Waals surface area contributed by atoms with Gasteiger partial charge in [0.05, 0.1) is 37.4 Å². The number of pyridine rings is 1. The zero-order valence-electron chi connectivity index (χ0n) is 19.8. The quantitative estimate of drug-likeness (QED) is 0.417. The van der Waals surface area contributed by atoms with E-state index in [2.05, 4.69) is 4.99 Å². The van der Waals surface area contributed by atoms with Crippen LogP contribution in [-0.4, -0.2) is 71.7 Å². The normalized spacial score (nSPS) is 15.8. The van der Waals surface area contributed by atoms with Crippen LogP contribution in [0.5, 0.6) is 5.75 Å². The fourth-order valence-corrected chi connectivity index (χ4v) is 4.20. The fraction of sp³-hybridized carbons (Fsp3) is 0.500. The molecule has 2 aromatic rings. The topological polar surface area (TPSA) is 90.3 Å². The van der Waals surface area contributed by atoms with E-state index in [1.807, 2.05) is 51.1 Å². The molecule has 0 spiro atoms. The SMILES string of the molecule is COC(=O)C[C@H]1CSC(c2ccc3cc(OCCCN(C)C(=O)OC(C)(C)C)ccc3n2)=N1. The highest BCUT2D eigenvalue weighted by Gasteiger charge is 2.23. The molecule has 1 atom stereocenters. The average Bonchev–Trinajstić information content (AvgIpc) is 3.23. The number of hydrogen-bond acceptors (Lipinski definition) is 8. The molecule has 1 aliphatic rings. The number of amides is 1. The number of esters is 1. The number of ether oxygens (including phenoxy) is 3. The molecule has 1 amide bonds. The Hall–Kier alpha value is -2.81. The standard InChI is InChI=1S/C24H31N3O5S/c1-24(2,3)32-23(29)27(4)11-6-12-31-18-8-10-19-16(13-18)7-9-20(26-19)22-25-17(15-33-22)14-21(28)30-5/h7-10,13,17H,6,11-12,14-15H2,1-5H3/t17-/m0/s1. The Balaban J connectivity index is 1.53. The largest absolute Gasteiger partial charge is 0.494 e. The monoisotopic (exact) mass is 473 g/mol. The summed E-state index contributed by atoms with van der Waals surface area (Å²) in [4.78, 5) is 34.4. The Morgan fingerprint density at radius 2 is 2.00 bits per heavy atom. The molecule has 1 aromatic heterocycles. The predicted octanol–water partition coefficient (Wildman–Crippen LogP) is 4.30. The van der Waals surface area contributed by atoms with Gasteiger partial charge in [-0.15, -0.1) is 11.8 Å². The maximum Gasteiger partial charge on any atom is 0.410 e. The number of methoxy groups -OCH3 is 1. The van der Waals surface area contributed by atoms with Gasteiger partial charge in [-0.2, -0.15) is 0 Å². The van der Waals surface area contributed by atoms with Crippen molar-refractivity contribution >= 4 is 39.8 Å². The molecule has 0 radical (unpaired) electrons. The molecule has 0 fully saturated rings. The van der Waals surface area contributed by atoms with Gasteiger partial charge in [-0.3, -0.25) is 9.79 Å². The number of fused-ring (bicyclic) bond motifs is 1. The second-order valence-corrected chi connectivity index (χ2v) is 9.84. The van der Waals surface area contributed by atoms with E-state index in [-0.39, 0.29) is 24.5 Å². The highest BCUT2D eigenvalue weighted by Crippen LogP contribution is 2.27. The van der Waals surface area contributed by atoms with Crippen LogP contribution >= 0.6 is 11.8 Å². The highest BCUT2D eigenvalue weighted by molar-refractivity contribution is 8.14. The maximum absolute atomic E-state index is 12.0. The van der Waals surface area contributed by atoms with Gasteiger partial charge in [0, 0.05) is 24.7 Å².